The molecule has 0 amide bonds. The minimum atomic E-state index is -1.77. The molecule has 0 bridgehead atoms. The van der Waals surface area contributed by atoms with Crippen molar-refractivity contribution < 1.29 is 8.23 Å². The summed E-state index contributed by atoms with van der Waals surface area (Å²) in [7, 11) is -4.58. The van der Waals surface area contributed by atoms with Crippen LogP contribution in [0, 0.1) is 0 Å². The van der Waals surface area contributed by atoms with Crippen molar-refractivity contribution >= 4 is 31.8 Å². The zero-order valence-corrected chi connectivity index (χ0v) is 18.7. The van der Waals surface area contributed by atoms with Gasteiger partial charge < -0.3 is 8.23 Å². The average Bonchev–Trinajstić information content (AvgIpc) is 2.55. The van der Waals surface area contributed by atoms with Crippen molar-refractivity contribution in [2.45, 2.75) is 45.1 Å². The van der Waals surface area contributed by atoms with E-state index in [9.17, 15) is 0 Å². The van der Waals surface area contributed by atoms with Gasteiger partial charge in [0.15, 0.2) is 17.4 Å². The fraction of sp³-hybridized carbons (Fsp3) is 0.368. The van der Waals surface area contributed by atoms with E-state index < -0.39 is 26.6 Å². The van der Waals surface area contributed by atoms with E-state index in [1.807, 2.05) is 0 Å². The number of benzene rings is 2. The van der Waals surface area contributed by atoms with Crippen LogP contribution in [0.1, 0.15) is 12.0 Å². The summed E-state index contributed by atoms with van der Waals surface area (Å²) < 4.78 is 13.0. The van der Waals surface area contributed by atoms with Crippen LogP contribution in [0.3, 0.4) is 0 Å². The molecule has 0 heterocycles. The van der Waals surface area contributed by atoms with Gasteiger partial charge in [0.2, 0.25) is 0 Å². The molecule has 0 aromatic heterocycles. The maximum atomic E-state index is 6.66. The fourth-order valence-corrected chi connectivity index (χ4v) is 11.0. The lowest BCUT2D eigenvalue weighted by Gasteiger charge is -2.30. The highest BCUT2D eigenvalue weighted by molar-refractivity contribution is 6.82. The Balaban J connectivity index is 1.93. The largest absolute Gasteiger partial charge is 0.438 e. The van der Waals surface area contributed by atoms with Crippen molar-refractivity contribution in [2.24, 2.45) is 0 Å². The molecular weight excluding hydrogens is 344 g/mol. The zero-order chi connectivity index (χ0) is 17.4. The van der Waals surface area contributed by atoms with Gasteiger partial charge in [0.05, 0.1) is 0 Å². The Labute approximate surface area is 151 Å². The quantitative estimate of drug-likeness (QED) is 0.618. The number of hydrogen-bond acceptors (Lipinski definition) is 2. The zero-order valence-electron chi connectivity index (χ0n) is 15.4. The van der Waals surface area contributed by atoms with Gasteiger partial charge in [0, 0.05) is 0 Å². The van der Waals surface area contributed by atoms with Crippen molar-refractivity contribution in [3.8, 4) is 0 Å². The van der Waals surface area contributed by atoms with Gasteiger partial charge in [-0.1, -0.05) is 60.7 Å². The lowest BCUT2D eigenvalue weighted by Crippen LogP contribution is -2.48. The molecule has 0 fully saturated rings. The van der Waals surface area contributed by atoms with E-state index in [2.05, 4.69) is 86.9 Å². The third-order valence-corrected chi connectivity index (χ3v) is 13.0. The summed E-state index contributed by atoms with van der Waals surface area (Å²) in [6.07, 6.45) is 2.33. The molecular formula is C19H30O2Si3. The van der Waals surface area contributed by atoms with E-state index in [1.54, 1.807) is 0 Å². The molecule has 0 N–H and O–H groups in total. The van der Waals surface area contributed by atoms with Crippen molar-refractivity contribution in [2.75, 3.05) is 0 Å². The normalized spacial score (nSPS) is 13.2. The molecule has 0 saturated carbocycles. The first kappa shape index (κ1) is 19.3. The summed E-state index contributed by atoms with van der Waals surface area (Å²) in [5.74, 6) is 0. The summed E-state index contributed by atoms with van der Waals surface area (Å²) in [4.78, 5) is 0. The van der Waals surface area contributed by atoms with Crippen LogP contribution in [-0.2, 0) is 14.7 Å². The summed E-state index contributed by atoms with van der Waals surface area (Å²) in [5.41, 5.74) is 1.42. The highest BCUT2D eigenvalue weighted by Gasteiger charge is 2.29. The van der Waals surface area contributed by atoms with E-state index in [4.69, 9.17) is 8.23 Å². The van der Waals surface area contributed by atoms with Gasteiger partial charge in [-0.25, -0.2) is 0 Å². The summed E-state index contributed by atoms with van der Waals surface area (Å²) in [5, 5.41) is 1.28. The maximum Gasteiger partial charge on any atom is 0.335 e. The summed E-state index contributed by atoms with van der Waals surface area (Å²) in [6, 6.07) is 22.5. The molecule has 2 nitrogen and oxygen atoms in total. The van der Waals surface area contributed by atoms with Crippen molar-refractivity contribution in [1.29, 1.82) is 0 Å². The van der Waals surface area contributed by atoms with Crippen LogP contribution in [0.4, 0.5) is 0 Å². The minimum Gasteiger partial charge on any atom is -0.438 e. The second-order valence-corrected chi connectivity index (χ2v) is 16.6. The number of hydrogen-bond donors (Lipinski definition) is 0. The van der Waals surface area contributed by atoms with Gasteiger partial charge in [-0.2, -0.15) is 0 Å². The van der Waals surface area contributed by atoms with E-state index in [1.165, 1.54) is 23.2 Å². The fourth-order valence-electron chi connectivity index (χ4n) is 2.74. The third kappa shape index (κ3) is 6.86. The van der Waals surface area contributed by atoms with Crippen LogP contribution in [0.2, 0.25) is 32.2 Å². The molecule has 2 aromatic rings. The highest BCUT2D eigenvalue weighted by Crippen LogP contribution is 2.18. The van der Waals surface area contributed by atoms with Gasteiger partial charge in [-0.05, 0) is 55.8 Å². The predicted octanol–water partition coefficient (Wildman–Crippen LogP) is 3.97. The Kier molecular flexibility index (Phi) is 7.64. The number of rotatable bonds is 9. The lowest BCUT2D eigenvalue weighted by atomic mass is 10.1. The van der Waals surface area contributed by atoms with Crippen molar-refractivity contribution in [1.82, 2.24) is 0 Å². The minimum absolute atomic E-state index is 1.10. The highest BCUT2D eigenvalue weighted by atomic mass is 28.4. The van der Waals surface area contributed by atoms with Crippen LogP contribution in [-0.4, -0.2) is 26.6 Å². The predicted molar refractivity (Wildman–Crippen MR) is 111 cm³/mol. The first-order valence-corrected chi connectivity index (χ1v) is 16.3. The van der Waals surface area contributed by atoms with Crippen molar-refractivity contribution in [3.63, 3.8) is 0 Å². The van der Waals surface area contributed by atoms with E-state index >= 15 is 0 Å². The van der Waals surface area contributed by atoms with Gasteiger partial charge in [-0.3, -0.25) is 0 Å². The monoisotopic (exact) mass is 374 g/mol. The molecule has 1 unspecified atom stereocenters. The smallest absolute Gasteiger partial charge is 0.335 e. The second-order valence-electron chi connectivity index (χ2n) is 7.14. The molecule has 0 aliphatic rings. The standard InChI is InChI=1S/C19H30O2Si3/c1-22(2)20-23(19-15-9-6-10-16-19)21-24(3,4)17-11-14-18-12-7-5-8-13-18/h5-10,12-13,15-16,22-23H,11,14,17H2,1-4H3. The van der Waals surface area contributed by atoms with Gasteiger partial charge in [0.1, 0.15) is 0 Å². The Morgan fingerprint density at radius 2 is 1.46 bits per heavy atom. The van der Waals surface area contributed by atoms with E-state index in [0.717, 1.165) is 6.42 Å². The molecule has 2 rings (SSSR count). The Hall–Kier alpha value is -0.989. The molecule has 24 heavy (non-hydrogen) atoms. The van der Waals surface area contributed by atoms with Crippen LogP contribution in [0.15, 0.2) is 60.7 Å². The molecule has 0 spiro atoms. The molecule has 2 aromatic carbocycles. The van der Waals surface area contributed by atoms with E-state index in [0.29, 0.717) is 0 Å². The molecule has 0 radical (unpaired) electrons. The second kappa shape index (κ2) is 9.48. The maximum absolute atomic E-state index is 6.66. The van der Waals surface area contributed by atoms with Gasteiger partial charge >= 0.3 is 9.28 Å². The summed E-state index contributed by atoms with van der Waals surface area (Å²) >= 11 is 0. The Morgan fingerprint density at radius 3 is 2.04 bits per heavy atom. The van der Waals surface area contributed by atoms with Gasteiger partial charge in [-0.15, -0.1) is 0 Å². The topological polar surface area (TPSA) is 18.5 Å². The molecule has 0 aliphatic carbocycles. The molecule has 0 aliphatic heterocycles. The van der Waals surface area contributed by atoms with E-state index in [-0.39, 0.29) is 0 Å². The first-order valence-electron chi connectivity index (χ1n) is 8.88. The summed E-state index contributed by atoms with van der Waals surface area (Å²) in [6.45, 7) is 9.14. The first-order chi connectivity index (χ1) is 11.5. The lowest BCUT2D eigenvalue weighted by molar-refractivity contribution is 0.440. The van der Waals surface area contributed by atoms with Crippen molar-refractivity contribution in [3.05, 3.63) is 66.2 Å². The van der Waals surface area contributed by atoms with Crippen LogP contribution in [0.25, 0.3) is 0 Å². The molecule has 1 atom stereocenters. The molecule has 130 valence electrons. The molecule has 0 saturated heterocycles. The van der Waals surface area contributed by atoms with Crippen LogP contribution in [0.5, 0.6) is 0 Å². The Morgan fingerprint density at radius 1 is 0.875 bits per heavy atom. The third-order valence-electron chi connectivity index (χ3n) is 3.98. The van der Waals surface area contributed by atoms with Crippen LogP contribution >= 0.6 is 0 Å². The SMILES string of the molecule is C[SiH](C)O[SiH](O[Si](C)(C)CCCc1ccccc1)c1ccccc1. The van der Waals surface area contributed by atoms with Gasteiger partial charge in [0.25, 0.3) is 0 Å². The Bertz CT molecular complexity index is 588. The molecule has 5 heteroatoms. The number of aryl methyl sites for hydroxylation is 1. The average molecular weight is 375 g/mol. The van der Waals surface area contributed by atoms with Crippen LogP contribution < -0.4 is 5.19 Å².